The molecule has 1 amide bonds. The van der Waals surface area contributed by atoms with E-state index in [1.165, 1.54) is 26.5 Å². The van der Waals surface area contributed by atoms with Crippen molar-refractivity contribution >= 4 is 34.8 Å². The van der Waals surface area contributed by atoms with Gasteiger partial charge >= 0.3 is 11.9 Å². The minimum Gasteiger partial charge on any atom is -0.463 e. The van der Waals surface area contributed by atoms with E-state index in [9.17, 15) is 14.4 Å². The Kier molecular flexibility index (Phi) is 6.08. The second kappa shape index (κ2) is 9.10. The molecular formula is C21H21N5O6. The molecule has 1 N–H and O–H groups in total. The van der Waals surface area contributed by atoms with Gasteiger partial charge in [-0.3, -0.25) is 19.0 Å². The molecule has 0 bridgehead atoms. The van der Waals surface area contributed by atoms with Crippen molar-refractivity contribution in [3.63, 3.8) is 0 Å². The van der Waals surface area contributed by atoms with E-state index >= 15 is 0 Å². The number of fused-ring (bicyclic) bond motifs is 1. The van der Waals surface area contributed by atoms with Crippen LogP contribution in [0.25, 0.3) is 11.2 Å². The summed E-state index contributed by atoms with van der Waals surface area (Å²) >= 11 is 0. The summed E-state index contributed by atoms with van der Waals surface area (Å²) in [5.41, 5.74) is 1.30. The number of carbonyl (C=O) groups is 3. The third-order valence-corrected chi connectivity index (χ3v) is 4.89. The van der Waals surface area contributed by atoms with Gasteiger partial charge in [0.05, 0.1) is 6.33 Å². The molecule has 3 atom stereocenters. The van der Waals surface area contributed by atoms with Crippen LogP contribution in [0, 0.1) is 0 Å². The van der Waals surface area contributed by atoms with Gasteiger partial charge in [-0.25, -0.2) is 15.0 Å². The molecule has 0 spiro atoms. The molecule has 3 aromatic rings. The Bertz CT molecular complexity index is 1150. The standard InChI is InChI=1S/C21H21N5O6/c1-12(27)30-9-16-15(31-13(2)28)8-17(32-16)26-11-24-18-19(22-10-23-20(18)26)25-21(29)14-6-4-3-5-7-14/h3-7,10-11,15-17H,8-9H2,1-2H3,(H,22,23,25,29)/t15-,16+,17+/m0/s1/i22+1,25+1. The summed E-state index contributed by atoms with van der Waals surface area (Å²) in [7, 11) is 0. The normalized spacial score (nSPS) is 20.1. The fourth-order valence-electron chi connectivity index (χ4n) is 3.48. The van der Waals surface area contributed by atoms with E-state index in [-0.39, 0.29) is 18.3 Å². The van der Waals surface area contributed by atoms with E-state index in [0.717, 1.165) is 0 Å². The molecule has 166 valence electrons. The summed E-state index contributed by atoms with van der Waals surface area (Å²) in [6.45, 7) is 2.54. The number of aromatic nitrogens is 4. The molecule has 0 radical (unpaired) electrons. The van der Waals surface area contributed by atoms with Crippen LogP contribution in [0.3, 0.4) is 0 Å². The topological polar surface area (TPSA) is 135 Å². The van der Waals surface area contributed by atoms with Gasteiger partial charge in [0.25, 0.3) is 5.91 Å². The van der Waals surface area contributed by atoms with Gasteiger partial charge < -0.3 is 19.5 Å². The van der Waals surface area contributed by atoms with Crippen molar-refractivity contribution < 1.29 is 28.6 Å². The van der Waals surface area contributed by atoms with E-state index < -0.39 is 30.4 Å². The molecular weight excluding hydrogens is 420 g/mol. The highest BCUT2D eigenvalue weighted by molar-refractivity contribution is 6.06. The van der Waals surface area contributed by atoms with Crippen molar-refractivity contribution in [3.8, 4) is 0 Å². The number of nitrogens with one attached hydrogen (secondary N) is 1. The number of hydrogen-bond donors (Lipinski definition) is 1. The van der Waals surface area contributed by atoms with Gasteiger partial charge in [0.15, 0.2) is 17.0 Å². The Morgan fingerprint density at radius 3 is 2.62 bits per heavy atom. The first-order valence-electron chi connectivity index (χ1n) is 9.92. The first-order chi connectivity index (χ1) is 15.4. The van der Waals surface area contributed by atoms with Crippen molar-refractivity contribution in [2.24, 2.45) is 0 Å². The lowest BCUT2D eigenvalue weighted by molar-refractivity contribution is -0.155. The molecule has 4 rings (SSSR count). The van der Waals surface area contributed by atoms with Crippen molar-refractivity contribution in [1.82, 2.24) is 19.5 Å². The van der Waals surface area contributed by atoms with Gasteiger partial charge in [-0.05, 0) is 12.1 Å². The smallest absolute Gasteiger partial charge is 0.303 e. The average Bonchev–Trinajstić information content (AvgIpc) is 3.37. The number of nitrogens with zero attached hydrogens (tertiary/aromatic N) is 4. The molecule has 1 aliphatic rings. The van der Waals surface area contributed by atoms with Crippen LogP contribution in [-0.2, 0) is 23.8 Å². The lowest BCUT2D eigenvalue weighted by atomic mass is 10.2. The summed E-state index contributed by atoms with van der Waals surface area (Å²) in [5, 5.41) is 2.75. The van der Waals surface area contributed by atoms with Crippen LogP contribution >= 0.6 is 0 Å². The number of ether oxygens (including phenoxy) is 3. The van der Waals surface area contributed by atoms with Crippen molar-refractivity contribution in [2.75, 3.05) is 11.9 Å². The average molecular weight is 441 g/mol. The SMILES string of the molecule is CC(=O)OC[C@H]1O[C@@H](n2cnc3c([15NH]C(=O)c4ccccc4)[15n]cnc32)C[C@@H]1OC(C)=O. The minimum absolute atomic E-state index is 0.0518. The van der Waals surface area contributed by atoms with Crippen LogP contribution < -0.4 is 5.32 Å². The second-order valence-corrected chi connectivity index (χ2v) is 7.18. The third kappa shape index (κ3) is 4.57. The van der Waals surface area contributed by atoms with Crippen molar-refractivity contribution in [2.45, 2.75) is 38.7 Å². The predicted molar refractivity (Wildman–Crippen MR) is 110 cm³/mol. The minimum atomic E-state index is -0.635. The number of amides is 1. The maximum Gasteiger partial charge on any atom is 0.303 e. The Balaban J connectivity index is 1.57. The maximum atomic E-state index is 12.5. The number of carbonyl (C=O) groups excluding carboxylic acids is 3. The van der Waals surface area contributed by atoms with Crippen LogP contribution in [0.1, 0.15) is 36.9 Å². The highest BCUT2D eigenvalue weighted by Gasteiger charge is 2.40. The van der Waals surface area contributed by atoms with Gasteiger partial charge in [0.1, 0.15) is 31.4 Å². The highest BCUT2D eigenvalue weighted by atomic mass is 16.6. The largest absolute Gasteiger partial charge is 0.463 e. The molecule has 1 fully saturated rings. The van der Waals surface area contributed by atoms with E-state index in [2.05, 4.69) is 20.3 Å². The molecule has 0 aliphatic carbocycles. The van der Waals surface area contributed by atoms with E-state index in [0.29, 0.717) is 23.1 Å². The van der Waals surface area contributed by atoms with Crippen molar-refractivity contribution in [3.05, 3.63) is 48.5 Å². The summed E-state index contributed by atoms with van der Waals surface area (Å²) in [4.78, 5) is 48.0. The number of imidazole rings is 1. The third-order valence-electron chi connectivity index (χ3n) is 4.89. The van der Waals surface area contributed by atoms with Gasteiger partial charge in [-0.2, -0.15) is 0 Å². The van der Waals surface area contributed by atoms with Crippen LogP contribution in [0.5, 0.6) is 0 Å². The first-order valence-corrected chi connectivity index (χ1v) is 9.92. The van der Waals surface area contributed by atoms with Gasteiger partial charge in [0.2, 0.25) is 0 Å². The van der Waals surface area contributed by atoms with Gasteiger partial charge in [0, 0.05) is 25.8 Å². The molecule has 0 saturated carbocycles. The zero-order valence-electron chi connectivity index (χ0n) is 17.4. The zero-order chi connectivity index (χ0) is 22.7. The number of hydrogen-bond acceptors (Lipinski definition) is 9. The second-order valence-electron chi connectivity index (χ2n) is 7.18. The summed E-state index contributed by atoms with van der Waals surface area (Å²) in [6.07, 6.45) is 1.33. The van der Waals surface area contributed by atoms with Crippen LogP contribution in [0.4, 0.5) is 5.82 Å². The van der Waals surface area contributed by atoms with Crippen molar-refractivity contribution in [1.29, 1.82) is 0 Å². The fourth-order valence-corrected chi connectivity index (χ4v) is 3.48. The summed E-state index contributed by atoms with van der Waals surface area (Å²) in [6, 6.07) is 8.74. The molecule has 0 unspecified atom stereocenters. The maximum absolute atomic E-state index is 12.5. The predicted octanol–water partition coefficient (Wildman–Crippen LogP) is 1.86. The molecule has 1 aromatic carbocycles. The van der Waals surface area contributed by atoms with Gasteiger partial charge in [-0.15, -0.1) is 0 Å². The zero-order valence-corrected chi connectivity index (χ0v) is 17.4. The fraction of sp³-hybridized carbons (Fsp3) is 0.333. The van der Waals surface area contributed by atoms with E-state index in [4.69, 9.17) is 14.2 Å². The number of benzene rings is 1. The van der Waals surface area contributed by atoms with Crippen LogP contribution in [0.15, 0.2) is 43.0 Å². The highest BCUT2D eigenvalue weighted by Crippen LogP contribution is 2.33. The molecule has 2 aromatic heterocycles. The van der Waals surface area contributed by atoms with Crippen LogP contribution in [0.2, 0.25) is 0 Å². The van der Waals surface area contributed by atoms with Crippen LogP contribution in [-0.4, -0.2) is 56.2 Å². The molecule has 1 aliphatic heterocycles. The lowest BCUT2D eigenvalue weighted by Gasteiger charge is -2.17. The number of anilines is 1. The summed E-state index contributed by atoms with van der Waals surface area (Å²) < 4.78 is 18.0. The molecule has 3 heterocycles. The molecule has 32 heavy (non-hydrogen) atoms. The Morgan fingerprint density at radius 1 is 1.12 bits per heavy atom. The number of esters is 2. The molecule has 1 saturated heterocycles. The van der Waals surface area contributed by atoms with E-state index in [1.54, 1.807) is 28.8 Å². The summed E-state index contributed by atoms with van der Waals surface area (Å²) in [5.74, 6) is -0.990. The lowest BCUT2D eigenvalue weighted by Crippen LogP contribution is -2.31. The monoisotopic (exact) mass is 441 g/mol. The van der Waals surface area contributed by atoms with Gasteiger partial charge in [-0.1, -0.05) is 18.2 Å². The van der Waals surface area contributed by atoms with E-state index in [1.807, 2.05) is 6.07 Å². The Hall–Kier alpha value is -3.86. The molecule has 11 nitrogen and oxygen atoms in total. The Morgan fingerprint density at radius 2 is 1.91 bits per heavy atom. The quantitative estimate of drug-likeness (QED) is 0.449. The number of rotatable bonds is 6. The first kappa shape index (κ1) is 21.4. The Labute approximate surface area is 182 Å². The molecule has 11 heteroatoms.